The van der Waals surface area contributed by atoms with E-state index in [4.69, 9.17) is 13.9 Å². The first-order valence-electron chi connectivity index (χ1n) is 6.21. The maximum atomic E-state index is 12.0. The number of aryl methyl sites for hydroxylation is 1. The number of amides is 1. The van der Waals surface area contributed by atoms with Crippen LogP contribution in [0, 0.1) is 6.92 Å². The molecule has 2 heterocycles. The van der Waals surface area contributed by atoms with E-state index in [1.54, 1.807) is 11.9 Å². The standard InChI is InChI=1S/C14H15NO5S/c1-9-3-4-10(19-9)7-15(2)12(16)8-21-13-6-5-11(20-13)14(17)18/h3-6H,7-8H2,1-2H3,(H,17,18). The van der Waals surface area contributed by atoms with Crippen LogP contribution in [-0.2, 0) is 11.3 Å². The average molecular weight is 309 g/mol. The van der Waals surface area contributed by atoms with Gasteiger partial charge in [-0.15, -0.1) is 0 Å². The molecular weight excluding hydrogens is 294 g/mol. The van der Waals surface area contributed by atoms with Crippen LogP contribution >= 0.6 is 11.8 Å². The van der Waals surface area contributed by atoms with Gasteiger partial charge in [0, 0.05) is 7.05 Å². The number of aromatic carboxylic acids is 1. The van der Waals surface area contributed by atoms with Crippen LogP contribution in [0.25, 0.3) is 0 Å². The smallest absolute Gasteiger partial charge is 0.371 e. The lowest BCUT2D eigenvalue weighted by molar-refractivity contribution is -0.127. The van der Waals surface area contributed by atoms with Crippen LogP contribution < -0.4 is 0 Å². The number of furan rings is 2. The van der Waals surface area contributed by atoms with Gasteiger partial charge in [-0.05, 0) is 31.2 Å². The first-order chi connectivity index (χ1) is 9.95. The average Bonchev–Trinajstić information content (AvgIpc) is 3.05. The van der Waals surface area contributed by atoms with Crippen molar-refractivity contribution in [3.8, 4) is 0 Å². The number of nitrogens with zero attached hydrogens (tertiary/aromatic N) is 1. The van der Waals surface area contributed by atoms with Crippen LogP contribution in [0.2, 0.25) is 0 Å². The molecular formula is C14H15NO5S. The predicted molar refractivity (Wildman–Crippen MR) is 76.3 cm³/mol. The van der Waals surface area contributed by atoms with E-state index in [-0.39, 0.29) is 17.4 Å². The van der Waals surface area contributed by atoms with Crippen molar-refractivity contribution in [2.45, 2.75) is 18.6 Å². The first-order valence-corrected chi connectivity index (χ1v) is 7.19. The molecule has 7 heteroatoms. The molecule has 0 aliphatic carbocycles. The summed E-state index contributed by atoms with van der Waals surface area (Å²) >= 11 is 1.16. The van der Waals surface area contributed by atoms with Crippen molar-refractivity contribution >= 4 is 23.6 Å². The molecule has 0 aliphatic heterocycles. The van der Waals surface area contributed by atoms with E-state index in [0.717, 1.165) is 23.3 Å². The molecule has 0 aliphatic rings. The fraction of sp³-hybridized carbons (Fsp3) is 0.286. The summed E-state index contributed by atoms with van der Waals surface area (Å²) in [5.41, 5.74) is 0. The van der Waals surface area contributed by atoms with Crippen LogP contribution in [0.3, 0.4) is 0 Å². The van der Waals surface area contributed by atoms with Crippen LogP contribution in [0.15, 0.2) is 38.2 Å². The van der Waals surface area contributed by atoms with Crippen LogP contribution in [-0.4, -0.2) is 34.7 Å². The number of hydrogen-bond acceptors (Lipinski definition) is 5. The second-order valence-electron chi connectivity index (χ2n) is 4.47. The lowest BCUT2D eigenvalue weighted by atomic mass is 10.4. The van der Waals surface area contributed by atoms with Crippen molar-refractivity contribution in [2.75, 3.05) is 12.8 Å². The molecule has 0 aromatic carbocycles. The molecule has 2 rings (SSSR count). The zero-order valence-electron chi connectivity index (χ0n) is 11.7. The lowest BCUT2D eigenvalue weighted by Crippen LogP contribution is -2.27. The summed E-state index contributed by atoms with van der Waals surface area (Å²) in [6.45, 7) is 2.24. The summed E-state index contributed by atoms with van der Waals surface area (Å²) in [5, 5.41) is 9.15. The third-order valence-corrected chi connectivity index (χ3v) is 3.64. The highest BCUT2D eigenvalue weighted by molar-refractivity contribution is 7.99. The summed E-state index contributed by atoms with van der Waals surface area (Å²) in [4.78, 5) is 24.2. The van der Waals surface area contributed by atoms with E-state index in [1.165, 1.54) is 12.1 Å². The van der Waals surface area contributed by atoms with Crippen molar-refractivity contribution in [1.82, 2.24) is 4.90 Å². The largest absolute Gasteiger partial charge is 0.475 e. The van der Waals surface area contributed by atoms with E-state index in [2.05, 4.69) is 0 Å². The van der Waals surface area contributed by atoms with E-state index in [0.29, 0.717) is 11.6 Å². The highest BCUT2D eigenvalue weighted by atomic mass is 32.2. The van der Waals surface area contributed by atoms with Crippen LogP contribution in [0.1, 0.15) is 22.1 Å². The number of carboxylic acid groups (broad SMARTS) is 1. The Kier molecular flexibility index (Phi) is 4.74. The van der Waals surface area contributed by atoms with Gasteiger partial charge < -0.3 is 18.8 Å². The molecule has 0 saturated carbocycles. The topological polar surface area (TPSA) is 83.9 Å². The Morgan fingerprint density at radius 2 is 2.00 bits per heavy atom. The Bertz CT molecular complexity index is 645. The molecule has 0 atom stereocenters. The molecule has 0 saturated heterocycles. The van der Waals surface area contributed by atoms with Crippen LogP contribution in [0.5, 0.6) is 0 Å². The zero-order chi connectivity index (χ0) is 15.4. The highest BCUT2D eigenvalue weighted by Gasteiger charge is 2.14. The number of carboxylic acids is 1. The number of carbonyl (C=O) groups excluding carboxylic acids is 1. The maximum absolute atomic E-state index is 12.0. The molecule has 0 bridgehead atoms. The van der Waals surface area contributed by atoms with Gasteiger partial charge in [-0.2, -0.15) is 0 Å². The molecule has 21 heavy (non-hydrogen) atoms. The Morgan fingerprint density at radius 1 is 1.24 bits per heavy atom. The van der Waals surface area contributed by atoms with Gasteiger partial charge >= 0.3 is 5.97 Å². The minimum atomic E-state index is -1.13. The number of rotatable bonds is 6. The predicted octanol–water partition coefficient (Wildman–Crippen LogP) is 2.63. The lowest BCUT2D eigenvalue weighted by Gasteiger charge is -2.14. The Morgan fingerprint density at radius 3 is 2.57 bits per heavy atom. The first kappa shape index (κ1) is 15.2. The molecule has 0 fully saturated rings. The van der Waals surface area contributed by atoms with Crippen molar-refractivity contribution in [1.29, 1.82) is 0 Å². The second-order valence-corrected chi connectivity index (χ2v) is 5.45. The molecule has 1 N–H and O–H groups in total. The van der Waals surface area contributed by atoms with E-state index >= 15 is 0 Å². The van der Waals surface area contributed by atoms with Gasteiger partial charge in [0.1, 0.15) is 11.5 Å². The van der Waals surface area contributed by atoms with Gasteiger partial charge in [0.15, 0.2) is 5.09 Å². The molecule has 0 spiro atoms. The molecule has 6 nitrogen and oxygen atoms in total. The maximum Gasteiger partial charge on any atom is 0.371 e. The van der Waals surface area contributed by atoms with Crippen molar-refractivity contribution in [3.63, 3.8) is 0 Å². The summed E-state index contributed by atoms with van der Waals surface area (Å²) in [6, 6.07) is 6.58. The van der Waals surface area contributed by atoms with Crippen LogP contribution in [0.4, 0.5) is 0 Å². The van der Waals surface area contributed by atoms with E-state index in [1.807, 2.05) is 19.1 Å². The van der Waals surface area contributed by atoms with E-state index in [9.17, 15) is 9.59 Å². The Balaban J connectivity index is 1.84. The van der Waals surface area contributed by atoms with Gasteiger partial charge in [0.25, 0.3) is 0 Å². The fourth-order valence-corrected chi connectivity index (χ4v) is 2.45. The molecule has 112 valence electrons. The normalized spacial score (nSPS) is 10.6. The minimum Gasteiger partial charge on any atom is -0.475 e. The van der Waals surface area contributed by atoms with Crippen molar-refractivity contribution in [2.24, 2.45) is 0 Å². The summed E-state index contributed by atoms with van der Waals surface area (Å²) < 4.78 is 10.5. The molecule has 0 unspecified atom stereocenters. The van der Waals surface area contributed by atoms with Gasteiger partial charge in [0.05, 0.1) is 12.3 Å². The fourth-order valence-electron chi connectivity index (χ4n) is 1.65. The zero-order valence-corrected chi connectivity index (χ0v) is 12.5. The highest BCUT2D eigenvalue weighted by Crippen LogP contribution is 2.21. The monoisotopic (exact) mass is 309 g/mol. The molecule has 0 radical (unpaired) electrons. The molecule has 2 aromatic rings. The third kappa shape index (κ3) is 4.16. The summed E-state index contributed by atoms with van der Waals surface area (Å²) in [5.74, 6) is 0.338. The Labute approximate surface area is 125 Å². The molecule has 1 amide bonds. The van der Waals surface area contributed by atoms with Gasteiger partial charge in [-0.3, -0.25) is 4.79 Å². The number of thioether (sulfide) groups is 1. The minimum absolute atomic E-state index is 0.0951. The number of carbonyl (C=O) groups is 2. The third-order valence-electron chi connectivity index (χ3n) is 2.74. The van der Waals surface area contributed by atoms with Crippen molar-refractivity contribution < 1.29 is 23.5 Å². The second kappa shape index (κ2) is 6.53. The van der Waals surface area contributed by atoms with Gasteiger partial charge in [0.2, 0.25) is 11.7 Å². The molecule has 2 aromatic heterocycles. The number of hydrogen-bond donors (Lipinski definition) is 1. The summed E-state index contributed by atoms with van der Waals surface area (Å²) in [6.07, 6.45) is 0. The quantitative estimate of drug-likeness (QED) is 0.826. The van der Waals surface area contributed by atoms with Crippen molar-refractivity contribution in [3.05, 3.63) is 41.5 Å². The van der Waals surface area contributed by atoms with E-state index < -0.39 is 5.97 Å². The van der Waals surface area contributed by atoms with Gasteiger partial charge in [-0.25, -0.2) is 4.79 Å². The SMILES string of the molecule is Cc1ccc(CN(C)C(=O)CSc2ccc(C(=O)O)o2)o1. The Hall–Kier alpha value is -2.15. The summed E-state index contributed by atoms with van der Waals surface area (Å²) in [7, 11) is 1.69. The van der Waals surface area contributed by atoms with Gasteiger partial charge in [-0.1, -0.05) is 11.8 Å².